The molecule has 0 aliphatic carbocycles. The summed E-state index contributed by atoms with van der Waals surface area (Å²) in [6.07, 6.45) is 0. The highest BCUT2D eigenvalue weighted by molar-refractivity contribution is 7.92. The van der Waals surface area contributed by atoms with E-state index in [4.69, 9.17) is 5.73 Å². The number of nitro groups is 1. The number of rotatable bonds is 4. The number of benzene rings is 2. The Labute approximate surface area is 155 Å². The Hall–Kier alpha value is -2.91. The monoisotopic (exact) mass is 393 g/mol. The first kappa shape index (κ1) is 19.4. The largest absolute Gasteiger partial charge is 1.00 e. The van der Waals surface area contributed by atoms with E-state index in [0.717, 1.165) is 17.8 Å². The second kappa shape index (κ2) is 7.14. The van der Waals surface area contributed by atoms with E-state index in [0.29, 0.717) is 22.3 Å². The average molecular weight is 394 g/mol. The number of non-ortho nitro benzene ring substituents is 1. The number of hydrogen-bond donors (Lipinski definition) is 2. The fraction of sp³-hybridized carbons (Fsp3) is 0.0625. The molecule has 0 fully saturated rings. The topological polar surface area (TPSA) is 128 Å². The number of fused-ring (bicyclic) bond motifs is 1. The van der Waals surface area contributed by atoms with Crippen LogP contribution < -0.4 is 22.9 Å². The molecule has 3 N–H and O–H groups in total. The van der Waals surface area contributed by atoms with Crippen LogP contribution in [-0.4, -0.2) is 18.3 Å². The molecule has 1 heterocycles. The van der Waals surface area contributed by atoms with Crippen molar-refractivity contribution in [1.82, 2.24) is 4.98 Å². The molecule has 2 aromatic carbocycles. The van der Waals surface area contributed by atoms with Gasteiger partial charge in [-0.25, -0.2) is 8.42 Å². The summed E-state index contributed by atoms with van der Waals surface area (Å²) >= 11 is 0. The Kier molecular flexibility index (Phi) is 5.33. The summed E-state index contributed by atoms with van der Waals surface area (Å²) in [5, 5.41) is 11.3. The quantitative estimate of drug-likeness (QED) is 0.468. The van der Waals surface area contributed by atoms with Gasteiger partial charge in [0.15, 0.2) is 0 Å². The molecule has 10 heteroatoms. The van der Waals surface area contributed by atoms with E-state index in [1.807, 2.05) is 6.92 Å². The number of nitro benzene ring substituents is 1. The molecule has 1 aromatic heterocycles. The van der Waals surface area contributed by atoms with Crippen LogP contribution >= 0.6 is 0 Å². The van der Waals surface area contributed by atoms with E-state index in [9.17, 15) is 18.5 Å². The predicted octanol–water partition coefficient (Wildman–Crippen LogP) is -0.162. The summed E-state index contributed by atoms with van der Waals surface area (Å²) in [6.45, 7) is 1.82. The van der Waals surface area contributed by atoms with E-state index < -0.39 is 14.9 Å². The molecule has 0 saturated heterocycles. The van der Waals surface area contributed by atoms with Crippen LogP contribution in [0.15, 0.2) is 53.4 Å². The molecule has 0 radical (unpaired) electrons. The summed E-state index contributed by atoms with van der Waals surface area (Å²) in [7, 11) is -3.88. The van der Waals surface area contributed by atoms with Gasteiger partial charge in [0.2, 0.25) is 0 Å². The summed E-state index contributed by atoms with van der Waals surface area (Å²) in [6, 6.07) is 11.2. The molecule has 0 saturated carbocycles. The number of nitrogens with two attached hydrogens (primary N) is 1. The van der Waals surface area contributed by atoms with E-state index in [2.05, 4.69) is 9.71 Å². The van der Waals surface area contributed by atoms with Gasteiger partial charge in [0.1, 0.15) is 0 Å². The minimum absolute atomic E-state index is 0. The molecule has 26 heavy (non-hydrogen) atoms. The van der Waals surface area contributed by atoms with E-state index in [1.165, 1.54) is 12.1 Å². The van der Waals surface area contributed by atoms with E-state index in [1.54, 1.807) is 24.3 Å². The lowest BCUT2D eigenvalue weighted by molar-refractivity contribution is -0.384. The van der Waals surface area contributed by atoms with Gasteiger partial charge in [-0.05, 0) is 43.3 Å². The Morgan fingerprint density at radius 2 is 1.77 bits per heavy atom. The van der Waals surface area contributed by atoms with Crippen molar-refractivity contribution in [1.29, 1.82) is 0 Å². The lowest BCUT2D eigenvalue weighted by Crippen LogP contribution is -3.00. The van der Waals surface area contributed by atoms with E-state index >= 15 is 0 Å². The molecular formula is C16H14ClN4O4S-. The third-order valence-electron chi connectivity index (χ3n) is 3.58. The van der Waals surface area contributed by atoms with Crippen LogP contribution in [-0.2, 0) is 10.0 Å². The number of nitrogen functional groups attached to an aromatic ring is 1. The predicted molar refractivity (Wildman–Crippen MR) is 94.8 cm³/mol. The van der Waals surface area contributed by atoms with Crippen LogP contribution in [0, 0.1) is 17.0 Å². The zero-order valence-corrected chi connectivity index (χ0v) is 15.1. The minimum atomic E-state index is -3.88. The first-order valence-electron chi connectivity index (χ1n) is 7.20. The standard InChI is InChI=1S/C16H14N4O4S.ClH/c1-10-8-15(17)14-9-11(2-7-16(14)18-10)19-25(23,24)13-5-3-12(4-6-13)20(21)22;/h2-9,19H,1H3,(H2,17,18);1H/p-1. The molecule has 0 aliphatic heterocycles. The molecule has 136 valence electrons. The van der Waals surface area contributed by atoms with Gasteiger partial charge in [0, 0.05) is 34.6 Å². The molecule has 8 nitrogen and oxygen atoms in total. The van der Waals surface area contributed by atoms with Gasteiger partial charge in [-0.3, -0.25) is 19.8 Å². The normalized spacial score (nSPS) is 11.0. The second-order valence-electron chi connectivity index (χ2n) is 5.44. The van der Waals surface area contributed by atoms with Gasteiger partial charge in [-0.2, -0.15) is 0 Å². The number of halogens is 1. The third kappa shape index (κ3) is 3.84. The number of hydrogen-bond acceptors (Lipinski definition) is 6. The Balaban J connectivity index is 0.00000243. The molecular weight excluding hydrogens is 380 g/mol. The van der Waals surface area contributed by atoms with Crippen molar-refractivity contribution in [3.05, 3.63) is 64.3 Å². The first-order valence-corrected chi connectivity index (χ1v) is 8.69. The molecule has 0 amide bonds. The smallest absolute Gasteiger partial charge is 0.269 e. The highest BCUT2D eigenvalue weighted by Gasteiger charge is 2.16. The molecule has 3 rings (SSSR count). The molecule has 0 aliphatic rings. The van der Waals surface area contributed by atoms with Crippen molar-refractivity contribution in [3.63, 3.8) is 0 Å². The molecule has 0 spiro atoms. The third-order valence-corrected chi connectivity index (χ3v) is 4.98. The lowest BCUT2D eigenvalue weighted by atomic mass is 10.1. The summed E-state index contributed by atoms with van der Waals surface area (Å²) < 4.78 is 27.3. The number of aryl methyl sites for hydroxylation is 1. The summed E-state index contributed by atoms with van der Waals surface area (Å²) in [5.74, 6) is 0. The fourth-order valence-electron chi connectivity index (χ4n) is 2.41. The van der Waals surface area contributed by atoms with Crippen molar-refractivity contribution >= 4 is 38.0 Å². The van der Waals surface area contributed by atoms with Gasteiger partial charge in [-0.15, -0.1) is 0 Å². The maximum Gasteiger partial charge on any atom is 0.269 e. The van der Waals surface area contributed by atoms with Crippen LogP contribution in [0.3, 0.4) is 0 Å². The number of sulfonamides is 1. The SMILES string of the molecule is Cc1cc(N)c2cc(NS(=O)(=O)c3ccc([N+](=O)[O-])cc3)ccc2n1.[Cl-]. The number of pyridine rings is 1. The van der Waals surface area contributed by atoms with Crippen LogP contribution in [0.4, 0.5) is 17.1 Å². The van der Waals surface area contributed by atoms with Crippen molar-refractivity contribution in [2.75, 3.05) is 10.5 Å². The van der Waals surface area contributed by atoms with Gasteiger partial charge >= 0.3 is 0 Å². The van der Waals surface area contributed by atoms with Crippen LogP contribution in [0.2, 0.25) is 0 Å². The van der Waals surface area contributed by atoms with Gasteiger partial charge in [0.05, 0.1) is 15.3 Å². The van der Waals surface area contributed by atoms with Crippen molar-refractivity contribution in [3.8, 4) is 0 Å². The van der Waals surface area contributed by atoms with Crippen molar-refractivity contribution in [2.45, 2.75) is 11.8 Å². The number of nitrogens with one attached hydrogen (secondary N) is 1. The zero-order chi connectivity index (χ0) is 18.2. The molecule has 3 aromatic rings. The number of anilines is 2. The molecule has 0 atom stereocenters. The summed E-state index contributed by atoms with van der Waals surface area (Å²) in [5.41, 5.74) is 8.04. The van der Waals surface area contributed by atoms with Gasteiger partial charge in [-0.1, -0.05) is 0 Å². The maximum absolute atomic E-state index is 12.4. The number of nitrogens with zero attached hydrogens (tertiary/aromatic N) is 2. The fourth-order valence-corrected chi connectivity index (χ4v) is 3.46. The zero-order valence-electron chi connectivity index (χ0n) is 13.5. The molecule has 0 bridgehead atoms. The molecule has 0 unspecified atom stereocenters. The summed E-state index contributed by atoms with van der Waals surface area (Å²) in [4.78, 5) is 14.3. The maximum atomic E-state index is 12.4. The van der Waals surface area contributed by atoms with E-state index in [-0.39, 0.29) is 23.0 Å². The van der Waals surface area contributed by atoms with Crippen LogP contribution in [0.25, 0.3) is 10.9 Å². The Morgan fingerprint density at radius 3 is 2.38 bits per heavy atom. The van der Waals surface area contributed by atoms with Crippen molar-refractivity contribution < 1.29 is 25.7 Å². The van der Waals surface area contributed by atoms with Crippen molar-refractivity contribution in [2.24, 2.45) is 0 Å². The minimum Gasteiger partial charge on any atom is -1.00 e. The van der Waals surface area contributed by atoms with Gasteiger partial charge < -0.3 is 18.1 Å². The van der Waals surface area contributed by atoms with Crippen LogP contribution in [0.1, 0.15) is 5.69 Å². The lowest BCUT2D eigenvalue weighted by Gasteiger charge is -2.10. The first-order chi connectivity index (χ1) is 11.8. The second-order valence-corrected chi connectivity index (χ2v) is 7.12. The van der Waals surface area contributed by atoms with Gasteiger partial charge in [0.25, 0.3) is 15.7 Å². The highest BCUT2D eigenvalue weighted by atomic mass is 35.5. The number of aromatic nitrogens is 1. The Morgan fingerprint density at radius 1 is 1.12 bits per heavy atom. The highest BCUT2D eigenvalue weighted by Crippen LogP contribution is 2.26. The average Bonchev–Trinajstić information content (AvgIpc) is 2.55. The Bertz CT molecular complexity index is 1090. The van der Waals surface area contributed by atoms with Crippen LogP contribution in [0.5, 0.6) is 0 Å².